The van der Waals surface area contributed by atoms with Crippen molar-refractivity contribution in [1.82, 2.24) is 15.1 Å². The van der Waals surface area contributed by atoms with Gasteiger partial charge >= 0.3 is 0 Å². The lowest BCUT2D eigenvalue weighted by atomic mass is 10.0. The topological polar surface area (TPSA) is 72.9 Å². The largest absolute Gasteiger partial charge is 0.348 e. The van der Waals surface area contributed by atoms with Gasteiger partial charge < -0.3 is 11.1 Å². The molecule has 2 unspecified atom stereocenters. The lowest BCUT2D eigenvalue weighted by Gasteiger charge is -2.18. The van der Waals surface area contributed by atoms with Gasteiger partial charge in [0.15, 0.2) is 0 Å². The third-order valence-corrected chi connectivity index (χ3v) is 4.72. The number of amides is 1. The number of carbonyl (C=O) groups is 1. The highest BCUT2D eigenvalue weighted by Gasteiger charge is 2.18. The average molecular weight is 435 g/mol. The molecule has 2 atom stereocenters. The van der Waals surface area contributed by atoms with E-state index in [4.69, 9.17) is 5.73 Å². The molecule has 29 heavy (non-hydrogen) atoms. The van der Waals surface area contributed by atoms with Crippen molar-refractivity contribution in [3.8, 4) is 5.69 Å². The van der Waals surface area contributed by atoms with Gasteiger partial charge in [0.05, 0.1) is 17.4 Å². The number of nitrogens with one attached hydrogen (secondary N) is 1. The van der Waals surface area contributed by atoms with Crippen LogP contribution in [-0.2, 0) is 4.79 Å². The van der Waals surface area contributed by atoms with Crippen molar-refractivity contribution in [2.75, 3.05) is 0 Å². The first-order chi connectivity index (χ1) is 12.8. The van der Waals surface area contributed by atoms with Crippen LogP contribution in [0.1, 0.15) is 47.1 Å². The molecule has 1 heterocycles. The van der Waals surface area contributed by atoms with Gasteiger partial charge in [-0.2, -0.15) is 5.10 Å². The number of nitrogens with zero attached hydrogens (tertiary/aromatic N) is 2. The summed E-state index contributed by atoms with van der Waals surface area (Å²) in [5, 5.41) is 7.49. The molecule has 0 bridgehead atoms. The highest BCUT2D eigenvalue weighted by atomic mass is 35.5. The van der Waals surface area contributed by atoms with Crippen molar-refractivity contribution in [1.29, 1.82) is 0 Å². The van der Waals surface area contributed by atoms with Crippen molar-refractivity contribution in [2.45, 2.75) is 39.8 Å². The number of nitrogens with two attached hydrogens (primary N) is 1. The molecule has 2 aromatic carbocycles. The molecule has 0 spiro atoms. The zero-order valence-corrected chi connectivity index (χ0v) is 18.7. The minimum absolute atomic E-state index is 0. The molecule has 7 heteroatoms. The van der Waals surface area contributed by atoms with E-state index < -0.39 is 6.04 Å². The second-order valence-electron chi connectivity index (χ2n) is 7.05. The van der Waals surface area contributed by atoms with Gasteiger partial charge in [0.1, 0.15) is 6.04 Å². The minimum atomic E-state index is -0.679. The van der Waals surface area contributed by atoms with E-state index in [1.807, 2.05) is 87.0 Å². The van der Waals surface area contributed by atoms with Crippen molar-refractivity contribution in [3.63, 3.8) is 0 Å². The second-order valence-corrected chi connectivity index (χ2v) is 7.05. The van der Waals surface area contributed by atoms with Crippen LogP contribution in [0.3, 0.4) is 0 Å². The summed E-state index contributed by atoms with van der Waals surface area (Å²) in [6.45, 7) is 7.97. The fourth-order valence-corrected chi connectivity index (χ4v) is 3.11. The van der Waals surface area contributed by atoms with E-state index in [9.17, 15) is 4.79 Å². The fourth-order valence-electron chi connectivity index (χ4n) is 3.11. The number of benzene rings is 2. The maximum Gasteiger partial charge on any atom is 0.241 e. The summed E-state index contributed by atoms with van der Waals surface area (Å²) < 4.78 is 1.91. The van der Waals surface area contributed by atoms with Crippen LogP contribution in [0, 0.1) is 20.8 Å². The van der Waals surface area contributed by atoms with Crippen LogP contribution in [0.2, 0.25) is 0 Å². The van der Waals surface area contributed by atoms with Gasteiger partial charge in [-0.05, 0) is 57.0 Å². The smallest absolute Gasteiger partial charge is 0.241 e. The Hall–Kier alpha value is -2.34. The maximum atomic E-state index is 12.5. The van der Waals surface area contributed by atoms with Gasteiger partial charge in [-0.3, -0.25) is 4.79 Å². The van der Waals surface area contributed by atoms with E-state index in [-0.39, 0.29) is 36.8 Å². The van der Waals surface area contributed by atoms with Gasteiger partial charge in [0.25, 0.3) is 0 Å². The number of aromatic nitrogens is 2. The molecule has 5 nitrogen and oxygen atoms in total. The molecule has 0 saturated carbocycles. The summed E-state index contributed by atoms with van der Waals surface area (Å²) in [7, 11) is 0. The van der Waals surface area contributed by atoms with Gasteiger partial charge in [-0.1, -0.05) is 42.0 Å². The SMILES string of the molecule is Cc1ccc(C(N)C(=O)NC(C)c2ccc(-n3nc(C)cc3C)cc2)cc1.Cl.Cl. The van der Waals surface area contributed by atoms with Crippen LogP contribution in [0.4, 0.5) is 0 Å². The lowest BCUT2D eigenvalue weighted by molar-refractivity contribution is -0.123. The van der Waals surface area contributed by atoms with Crippen molar-refractivity contribution in [2.24, 2.45) is 5.73 Å². The number of carbonyl (C=O) groups excluding carboxylic acids is 1. The summed E-state index contributed by atoms with van der Waals surface area (Å²) in [5.74, 6) is -0.186. The van der Waals surface area contributed by atoms with Gasteiger partial charge in [0, 0.05) is 5.69 Å². The second kappa shape index (κ2) is 10.4. The Balaban J connectivity index is 0.00000210. The molecular formula is C22H28Cl2N4O. The number of rotatable bonds is 5. The third-order valence-electron chi connectivity index (χ3n) is 4.72. The minimum Gasteiger partial charge on any atom is -0.348 e. The Morgan fingerprint density at radius 2 is 1.52 bits per heavy atom. The molecule has 156 valence electrons. The highest BCUT2D eigenvalue weighted by molar-refractivity contribution is 5.85. The van der Waals surface area contributed by atoms with Crippen molar-refractivity contribution < 1.29 is 4.79 Å². The first-order valence-electron chi connectivity index (χ1n) is 9.11. The van der Waals surface area contributed by atoms with E-state index in [2.05, 4.69) is 10.4 Å². The van der Waals surface area contributed by atoms with E-state index in [0.717, 1.165) is 33.8 Å². The quantitative estimate of drug-likeness (QED) is 0.619. The number of halogens is 2. The van der Waals surface area contributed by atoms with Gasteiger partial charge in [0.2, 0.25) is 5.91 Å². The highest BCUT2D eigenvalue weighted by Crippen LogP contribution is 2.19. The predicted octanol–water partition coefficient (Wildman–Crippen LogP) is 4.52. The molecule has 0 fully saturated rings. The standard InChI is InChI=1S/C22H26N4O.2ClH/c1-14-5-7-19(8-6-14)21(23)22(27)24-17(4)18-9-11-20(12-10-18)26-16(3)13-15(2)25-26;;/h5-13,17,21H,23H2,1-4H3,(H,24,27);2*1H. The molecule has 3 rings (SSSR count). The number of aryl methyl sites for hydroxylation is 3. The third kappa shape index (κ3) is 5.82. The molecule has 3 aromatic rings. The zero-order valence-electron chi connectivity index (χ0n) is 17.0. The van der Waals surface area contributed by atoms with Crippen LogP contribution in [0.25, 0.3) is 5.69 Å². The normalized spacial score (nSPS) is 12.3. The summed E-state index contributed by atoms with van der Waals surface area (Å²) in [5.41, 5.74) is 12.2. The summed E-state index contributed by atoms with van der Waals surface area (Å²) in [6.07, 6.45) is 0. The molecule has 0 aliphatic carbocycles. The molecule has 1 aromatic heterocycles. The average Bonchev–Trinajstić information content (AvgIpc) is 3.00. The van der Waals surface area contributed by atoms with E-state index in [0.29, 0.717) is 0 Å². The van der Waals surface area contributed by atoms with Gasteiger partial charge in [-0.25, -0.2) is 4.68 Å². The van der Waals surface area contributed by atoms with Crippen LogP contribution in [0.5, 0.6) is 0 Å². The molecule has 0 saturated heterocycles. The van der Waals surface area contributed by atoms with Crippen LogP contribution < -0.4 is 11.1 Å². The molecule has 1 amide bonds. The Bertz CT molecular complexity index is 936. The first-order valence-corrected chi connectivity index (χ1v) is 9.11. The Kier molecular flexibility index (Phi) is 8.89. The Labute approximate surface area is 184 Å². The summed E-state index contributed by atoms with van der Waals surface area (Å²) >= 11 is 0. The molecule has 0 aliphatic rings. The van der Waals surface area contributed by atoms with Crippen molar-refractivity contribution in [3.05, 3.63) is 82.7 Å². The van der Waals surface area contributed by atoms with E-state index in [1.54, 1.807) is 0 Å². The molecule has 3 N–H and O–H groups in total. The number of hydrogen-bond acceptors (Lipinski definition) is 3. The van der Waals surface area contributed by atoms with E-state index in [1.165, 1.54) is 0 Å². The predicted molar refractivity (Wildman–Crippen MR) is 122 cm³/mol. The Morgan fingerprint density at radius 3 is 2.03 bits per heavy atom. The zero-order chi connectivity index (χ0) is 19.6. The molecule has 0 radical (unpaired) electrons. The lowest BCUT2D eigenvalue weighted by Crippen LogP contribution is -2.35. The maximum absolute atomic E-state index is 12.5. The number of hydrogen-bond donors (Lipinski definition) is 2. The summed E-state index contributed by atoms with van der Waals surface area (Å²) in [4.78, 5) is 12.5. The van der Waals surface area contributed by atoms with Crippen LogP contribution in [0.15, 0.2) is 54.6 Å². The summed E-state index contributed by atoms with van der Waals surface area (Å²) in [6, 6.07) is 17.0. The van der Waals surface area contributed by atoms with Crippen LogP contribution in [-0.4, -0.2) is 15.7 Å². The first kappa shape index (κ1) is 24.7. The van der Waals surface area contributed by atoms with Crippen molar-refractivity contribution >= 4 is 30.7 Å². The molecule has 0 aliphatic heterocycles. The van der Waals surface area contributed by atoms with E-state index >= 15 is 0 Å². The van der Waals surface area contributed by atoms with Gasteiger partial charge in [-0.15, -0.1) is 24.8 Å². The molecular weight excluding hydrogens is 407 g/mol. The fraction of sp³-hybridized carbons (Fsp3) is 0.273. The monoisotopic (exact) mass is 434 g/mol. The van der Waals surface area contributed by atoms with Crippen LogP contribution >= 0.6 is 24.8 Å². The Morgan fingerprint density at radius 1 is 0.966 bits per heavy atom.